The average Bonchev–Trinajstić information content (AvgIpc) is 3.15. The predicted molar refractivity (Wildman–Crippen MR) is 126 cm³/mol. The molecule has 4 aliphatic heterocycles. The van der Waals surface area contributed by atoms with Gasteiger partial charge in [0.2, 0.25) is 0 Å². The second kappa shape index (κ2) is 8.96. The third-order valence-electron chi connectivity index (χ3n) is 6.47. The van der Waals surface area contributed by atoms with Gasteiger partial charge in [-0.25, -0.2) is 4.79 Å². The molecule has 1 aromatic carbocycles. The monoisotopic (exact) mass is 457 g/mol. The first-order chi connectivity index (χ1) is 15.5. The maximum Gasteiger partial charge on any atom is 0.326 e. The minimum Gasteiger partial charge on any atom is -0.491 e. The second-order valence-corrected chi connectivity index (χ2v) is 10.2. The Kier molecular flexibility index (Phi) is 6.05. The van der Waals surface area contributed by atoms with Crippen molar-refractivity contribution in [3.8, 4) is 5.75 Å². The highest BCUT2D eigenvalue weighted by Crippen LogP contribution is 2.48. The number of anilines is 1. The first-order valence-electron chi connectivity index (χ1n) is 11.5. The van der Waals surface area contributed by atoms with Crippen molar-refractivity contribution in [3.63, 3.8) is 0 Å². The van der Waals surface area contributed by atoms with Gasteiger partial charge in [-0.3, -0.25) is 9.69 Å². The number of carbonyl (C=O) groups is 2. The Morgan fingerprint density at radius 2 is 2.03 bits per heavy atom. The molecule has 0 aromatic heterocycles. The first kappa shape index (κ1) is 21.6. The van der Waals surface area contributed by atoms with Crippen LogP contribution >= 0.6 is 11.8 Å². The van der Waals surface area contributed by atoms with Gasteiger partial charge in [0.05, 0.1) is 22.4 Å². The summed E-state index contributed by atoms with van der Waals surface area (Å²) in [6, 6.07) is 7.67. The van der Waals surface area contributed by atoms with Crippen molar-refractivity contribution in [2.75, 3.05) is 24.5 Å². The lowest BCUT2D eigenvalue weighted by molar-refractivity contribution is -0.117. The quantitative estimate of drug-likeness (QED) is 0.541. The van der Waals surface area contributed by atoms with Crippen LogP contribution in [0.4, 0.5) is 10.5 Å². The molecule has 8 nitrogen and oxygen atoms in total. The van der Waals surface area contributed by atoms with Crippen molar-refractivity contribution in [3.05, 3.63) is 34.9 Å². The fraction of sp³-hybridized carbons (Fsp3) is 0.565. The Bertz CT molecular complexity index is 913. The molecule has 172 valence electrons. The van der Waals surface area contributed by atoms with Crippen LogP contribution in [0.3, 0.4) is 0 Å². The molecule has 3 saturated heterocycles. The zero-order valence-electron chi connectivity index (χ0n) is 18.5. The van der Waals surface area contributed by atoms with Crippen molar-refractivity contribution in [2.24, 2.45) is 5.92 Å². The number of nitrogens with zero attached hydrogens (tertiary/aromatic N) is 1. The number of benzene rings is 1. The van der Waals surface area contributed by atoms with Crippen molar-refractivity contribution < 1.29 is 14.3 Å². The van der Waals surface area contributed by atoms with E-state index in [-0.39, 0.29) is 41.4 Å². The summed E-state index contributed by atoms with van der Waals surface area (Å²) >= 11 is 1.55. The summed E-state index contributed by atoms with van der Waals surface area (Å²) in [5.74, 6) is 0.776. The van der Waals surface area contributed by atoms with Gasteiger partial charge in [0.15, 0.2) is 0 Å². The molecule has 4 atom stereocenters. The number of urea groups is 1. The summed E-state index contributed by atoms with van der Waals surface area (Å²) in [6.07, 6.45) is 2.98. The van der Waals surface area contributed by atoms with E-state index in [2.05, 4.69) is 21.3 Å². The molecule has 4 heterocycles. The van der Waals surface area contributed by atoms with E-state index < -0.39 is 0 Å². The van der Waals surface area contributed by atoms with E-state index in [1.54, 1.807) is 11.8 Å². The van der Waals surface area contributed by atoms with Crippen LogP contribution in [-0.4, -0.2) is 55.1 Å². The van der Waals surface area contributed by atoms with Gasteiger partial charge < -0.3 is 26.0 Å². The average molecular weight is 458 g/mol. The van der Waals surface area contributed by atoms with Gasteiger partial charge in [-0.2, -0.15) is 0 Å². The summed E-state index contributed by atoms with van der Waals surface area (Å²) in [5, 5.41) is 13.2. The smallest absolute Gasteiger partial charge is 0.326 e. The van der Waals surface area contributed by atoms with Crippen LogP contribution in [0.25, 0.3) is 0 Å². The standard InChI is InChI=1S/C23H31N5O3S/c1-13(2)31-16-7-5-15(6-8-16)28-17-9-11-25-22-18(17)19(27-23(28)30)20(32-22)21(29)26-14-4-3-10-24-12-14/h5-8,13-14,17-18,22,24-25H,3-4,9-12H2,1-2H3,(H,26,29)(H,27,30)/t14-,17?,18?,22?/m1/s1. The summed E-state index contributed by atoms with van der Waals surface area (Å²) in [4.78, 5) is 28.9. The molecule has 0 aliphatic carbocycles. The number of thioether (sulfide) groups is 1. The number of hydrogen-bond acceptors (Lipinski definition) is 6. The van der Waals surface area contributed by atoms with E-state index in [0.29, 0.717) is 4.91 Å². The molecule has 0 saturated carbocycles. The van der Waals surface area contributed by atoms with Crippen LogP contribution in [0, 0.1) is 5.92 Å². The van der Waals surface area contributed by atoms with E-state index in [1.807, 2.05) is 43.0 Å². The molecule has 4 N–H and O–H groups in total. The highest BCUT2D eigenvalue weighted by molar-refractivity contribution is 8.04. The number of piperidine rings is 2. The van der Waals surface area contributed by atoms with E-state index >= 15 is 0 Å². The lowest BCUT2D eigenvalue weighted by Crippen LogP contribution is -2.62. The number of amides is 3. The second-order valence-electron chi connectivity index (χ2n) is 9.09. The summed E-state index contributed by atoms with van der Waals surface area (Å²) in [5.41, 5.74) is 1.62. The molecule has 1 aromatic rings. The van der Waals surface area contributed by atoms with Gasteiger partial charge in [0.25, 0.3) is 5.91 Å². The minimum absolute atomic E-state index is 0.0102. The summed E-state index contributed by atoms with van der Waals surface area (Å²) in [6.45, 7) is 6.59. The largest absolute Gasteiger partial charge is 0.491 e. The number of hydrogen-bond donors (Lipinski definition) is 4. The zero-order valence-corrected chi connectivity index (χ0v) is 19.3. The van der Waals surface area contributed by atoms with Crippen molar-refractivity contribution in [1.29, 1.82) is 0 Å². The SMILES string of the molecule is CC(C)Oc1ccc(N2C(=O)NC3=C(C(=O)N[C@@H]4CCCNC4)SC4NCCC2C34)cc1. The number of carbonyl (C=O) groups excluding carboxylic acids is 2. The highest BCUT2D eigenvalue weighted by atomic mass is 32.2. The van der Waals surface area contributed by atoms with Crippen molar-refractivity contribution >= 4 is 29.4 Å². The van der Waals surface area contributed by atoms with Gasteiger partial charge in [-0.15, -0.1) is 0 Å². The van der Waals surface area contributed by atoms with Gasteiger partial charge in [-0.1, -0.05) is 11.8 Å². The molecule has 0 spiro atoms. The van der Waals surface area contributed by atoms with Crippen molar-refractivity contribution in [1.82, 2.24) is 21.3 Å². The Morgan fingerprint density at radius 1 is 1.22 bits per heavy atom. The summed E-state index contributed by atoms with van der Waals surface area (Å²) in [7, 11) is 0. The van der Waals surface area contributed by atoms with E-state index in [0.717, 1.165) is 56.0 Å². The molecule has 32 heavy (non-hydrogen) atoms. The topological polar surface area (TPSA) is 94.7 Å². The third-order valence-corrected chi connectivity index (χ3v) is 7.82. The van der Waals surface area contributed by atoms with Crippen LogP contribution in [-0.2, 0) is 4.79 Å². The molecule has 3 fully saturated rings. The third kappa shape index (κ3) is 4.09. The van der Waals surface area contributed by atoms with Gasteiger partial charge in [-0.05, 0) is 70.5 Å². The first-order valence-corrected chi connectivity index (χ1v) is 12.4. The molecule has 4 aliphatic rings. The van der Waals surface area contributed by atoms with Crippen molar-refractivity contribution in [2.45, 2.75) is 56.7 Å². The van der Waals surface area contributed by atoms with E-state index in [9.17, 15) is 9.59 Å². The Labute approximate surface area is 192 Å². The van der Waals surface area contributed by atoms with Gasteiger partial charge >= 0.3 is 6.03 Å². The molecule has 3 unspecified atom stereocenters. The van der Waals surface area contributed by atoms with Crippen LogP contribution in [0.15, 0.2) is 34.9 Å². The molecule has 3 amide bonds. The van der Waals surface area contributed by atoms with Crippen LogP contribution < -0.4 is 30.9 Å². The highest BCUT2D eigenvalue weighted by Gasteiger charge is 2.51. The molecule has 0 radical (unpaired) electrons. The zero-order chi connectivity index (χ0) is 22.2. The fourth-order valence-corrected chi connectivity index (χ4v) is 6.51. The lowest BCUT2D eigenvalue weighted by atomic mass is 9.86. The normalized spacial score (nSPS) is 29.6. The van der Waals surface area contributed by atoms with E-state index in [1.165, 1.54) is 0 Å². The van der Waals surface area contributed by atoms with Gasteiger partial charge in [0.1, 0.15) is 5.75 Å². The molecule has 0 bridgehead atoms. The Balaban J connectivity index is 1.38. The predicted octanol–water partition coefficient (Wildman–Crippen LogP) is 2.13. The minimum atomic E-state index is -0.174. The maximum atomic E-state index is 13.2. The van der Waals surface area contributed by atoms with Gasteiger partial charge in [0, 0.05) is 29.9 Å². The van der Waals surface area contributed by atoms with E-state index in [4.69, 9.17) is 4.74 Å². The van der Waals surface area contributed by atoms with Crippen LogP contribution in [0.5, 0.6) is 5.75 Å². The molecular weight excluding hydrogens is 426 g/mol. The molecular formula is C23H31N5O3S. The fourth-order valence-electron chi connectivity index (χ4n) is 5.11. The maximum absolute atomic E-state index is 13.2. The molecule has 5 rings (SSSR count). The van der Waals surface area contributed by atoms with Crippen LogP contribution in [0.1, 0.15) is 33.1 Å². The summed E-state index contributed by atoms with van der Waals surface area (Å²) < 4.78 is 5.75. The molecule has 9 heteroatoms. The number of ether oxygens (including phenoxy) is 1. The van der Waals surface area contributed by atoms with Crippen LogP contribution in [0.2, 0.25) is 0 Å². The number of rotatable bonds is 5. The Morgan fingerprint density at radius 3 is 2.75 bits per heavy atom. The number of nitrogens with one attached hydrogen (secondary N) is 4. The lowest BCUT2D eigenvalue weighted by Gasteiger charge is -2.45. The Hall–Kier alpha value is -2.23.